The lowest BCUT2D eigenvalue weighted by Crippen LogP contribution is -2.18. The number of carbonyl (C=O) groups excluding carboxylic acids is 1. The Labute approximate surface area is 133 Å². The molecular weight excluding hydrogens is 350 g/mol. The average Bonchev–Trinajstić information content (AvgIpc) is 2.92. The van der Waals surface area contributed by atoms with Gasteiger partial charge >= 0.3 is 0 Å². The molecule has 6 heteroatoms. The fraction of sp³-hybridized carbons (Fsp3) is 0. The zero-order valence-electron chi connectivity index (χ0n) is 10.8. The molecule has 0 unspecified atom stereocenters. The van der Waals surface area contributed by atoms with Crippen LogP contribution in [0.2, 0.25) is 0 Å². The molecule has 0 radical (unpaired) electrons. The maximum atomic E-state index is 12.0. The highest BCUT2D eigenvalue weighted by Gasteiger charge is 2.06. The van der Waals surface area contributed by atoms with E-state index in [1.54, 1.807) is 12.3 Å². The molecule has 1 aromatic carbocycles. The standard InChI is InChI=1S/C15H10BrN3OS/c16-11-7-12(21-9-11)8-17-19-15(20)14-6-5-10-3-1-2-4-13(10)18-14/h1-9H,(H,19,20)/b17-8+. The van der Waals surface area contributed by atoms with Gasteiger partial charge in [0.2, 0.25) is 0 Å². The number of hydrazone groups is 1. The zero-order chi connectivity index (χ0) is 14.7. The molecule has 2 heterocycles. The third kappa shape index (κ3) is 3.34. The number of pyridine rings is 1. The minimum absolute atomic E-state index is 0.326. The summed E-state index contributed by atoms with van der Waals surface area (Å²) in [5.41, 5.74) is 3.61. The summed E-state index contributed by atoms with van der Waals surface area (Å²) in [6, 6.07) is 13.1. The number of aromatic nitrogens is 1. The lowest BCUT2D eigenvalue weighted by Gasteiger charge is -2.01. The number of thiophene rings is 1. The van der Waals surface area contributed by atoms with Crippen LogP contribution in [0.5, 0.6) is 0 Å². The van der Waals surface area contributed by atoms with E-state index in [0.29, 0.717) is 5.69 Å². The summed E-state index contributed by atoms with van der Waals surface area (Å²) in [5.74, 6) is -0.326. The summed E-state index contributed by atoms with van der Waals surface area (Å²) in [7, 11) is 0. The molecule has 1 amide bonds. The van der Waals surface area contributed by atoms with E-state index < -0.39 is 0 Å². The van der Waals surface area contributed by atoms with Crippen LogP contribution >= 0.6 is 27.3 Å². The van der Waals surface area contributed by atoms with Gasteiger partial charge in [-0.05, 0) is 34.1 Å². The van der Waals surface area contributed by atoms with E-state index in [0.717, 1.165) is 20.3 Å². The molecule has 3 aromatic rings. The Kier molecular flexibility index (Phi) is 4.08. The van der Waals surface area contributed by atoms with Gasteiger partial charge in [-0.15, -0.1) is 11.3 Å². The summed E-state index contributed by atoms with van der Waals surface area (Å²) in [6.45, 7) is 0. The third-order valence-corrected chi connectivity index (χ3v) is 4.40. The quantitative estimate of drug-likeness (QED) is 0.570. The number of hydrogen-bond acceptors (Lipinski definition) is 4. The molecule has 0 saturated carbocycles. The van der Waals surface area contributed by atoms with Gasteiger partial charge in [-0.2, -0.15) is 5.10 Å². The van der Waals surface area contributed by atoms with Gasteiger partial charge in [0.25, 0.3) is 5.91 Å². The van der Waals surface area contributed by atoms with Crippen LogP contribution in [0.3, 0.4) is 0 Å². The first kappa shape index (κ1) is 13.9. The maximum absolute atomic E-state index is 12.0. The molecule has 4 nitrogen and oxygen atoms in total. The number of fused-ring (bicyclic) bond motifs is 1. The number of rotatable bonds is 3. The van der Waals surface area contributed by atoms with Gasteiger partial charge in [-0.25, -0.2) is 10.4 Å². The van der Waals surface area contributed by atoms with E-state index >= 15 is 0 Å². The van der Waals surface area contributed by atoms with Gasteiger partial charge in [-0.3, -0.25) is 4.79 Å². The van der Waals surface area contributed by atoms with Crippen molar-refractivity contribution in [3.8, 4) is 0 Å². The predicted octanol–water partition coefficient (Wildman–Crippen LogP) is 3.82. The molecule has 0 fully saturated rings. The molecule has 3 rings (SSSR count). The van der Waals surface area contributed by atoms with Crippen molar-refractivity contribution in [3.05, 3.63) is 62.9 Å². The fourth-order valence-electron chi connectivity index (χ4n) is 1.80. The Morgan fingerprint density at radius 2 is 2.14 bits per heavy atom. The lowest BCUT2D eigenvalue weighted by molar-refractivity contribution is 0.0950. The van der Waals surface area contributed by atoms with E-state index in [1.807, 2.05) is 41.8 Å². The molecule has 2 aromatic heterocycles. The fourth-order valence-corrected chi connectivity index (χ4v) is 3.10. The predicted molar refractivity (Wildman–Crippen MR) is 88.8 cm³/mol. The second kappa shape index (κ2) is 6.15. The molecule has 0 bridgehead atoms. The minimum Gasteiger partial charge on any atom is -0.266 e. The molecule has 0 saturated heterocycles. The minimum atomic E-state index is -0.326. The normalized spacial score (nSPS) is 11.1. The lowest BCUT2D eigenvalue weighted by atomic mass is 10.2. The number of halogens is 1. The first-order valence-corrected chi connectivity index (χ1v) is 7.83. The highest BCUT2D eigenvalue weighted by molar-refractivity contribution is 9.10. The Morgan fingerprint density at radius 1 is 1.29 bits per heavy atom. The molecule has 0 aliphatic rings. The Bertz CT molecular complexity index is 828. The molecule has 0 atom stereocenters. The second-order valence-electron chi connectivity index (χ2n) is 4.26. The second-order valence-corrected chi connectivity index (χ2v) is 6.11. The zero-order valence-corrected chi connectivity index (χ0v) is 13.2. The van der Waals surface area contributed by atoms with Gasteiger partial charge in [0.15, 0.2) is 0 Å². The van der Waals surface area contributed by atoms with E-state index in [9.17, 15) is 4.79 Å². The van der Waals surface area contributed by atoms with Crippen molar-refractivity contribution in [1.82, 2.24) is 10.4 Å². The van der Waals surface area contributed by atoms with Crippen molar-refractivity contribution in [1.29, 1.82) is 0 Å². The first-order chi connectivity index (χ1) is 10.2. The summed E-state index contributed by atoms with van der Waals surface area (Å²) in [4.78, 5) is 17.3. The monoisotopic (exact) mass is 359 g/mol. The van der Waals surface area contributed by atoms with Crippen LogP contribution in [0.15, 0.2) is 57.4 Å². The summed E-state index contributed by atoms with van der Waals surface area (Å²) < 4.78 is 0.997. The van der Waals surface area contributed by atoms with Crippen LogP contribution < -0.4 is 5.43 Å². The largest absolute Gasteiger partial charge is 0.289 e. The van der Waals surface area contributed by atoms with Crippen molar-refractivity contribution in [2.75, 3.05) is 0 Å². The van der Waals surface area contributed by atoms with Crippen molar-refractivity contribution < 1.29 is 4.79 Å². The van der Waals surface area contributed by atoms with Crippen LogP contribution in [0, 0.1) is 0 Å². The Hall–Kier alpha value is -2.05. The van der Waals surface area contributed by atoms with Crippen LogP contribution in [-0.2, 0) is 0 Å². The molecular formula is C15H10BrN3OS. The summed E-state index contributed by atoms with van der Waals surface area (Å²) in [6.07, 6.45) is 1.61. The highest BCUT2D eigenvalue weighted by atomic mass is 79.9. The van der Waals surface area contributed by atoms with Crippen molar-refractivity contribution in [3.63, 3.8) is 0 Å². The number of benzene rings is 1. The molecule has 0 aliphatic heterocycles. The molecule has 21 heavy (non-hydrogen) atoms. The maximum Gasteiger partial charge on any atom is 0.289 e. The number of amides is 1. The topological polar surface area (TPSA) is 54.4 Å². The van der Waals surface area contributed by atoms with Crippen LogP contribution in [0.1, 0.15) is 15.4 Å². The molecule has 0 aliphatic carbocycles. The van der Waals surface area contributed by atoms with Gasteiger partial charge in [0, 0.05) is 20.1 Å². The number of nitrogens with zero attached hydrogens (tertiary/aromatic N) is 2. The van der Waals surface area contributed by atoms with Gasteiger partial charge < -0.3 is 0 Å². The van der Waals surface area contributed by atoms with Crippen LogP contribution in [-0.4, -0.2) is 17.1 Å². The van der Waals surface area contributed by atoms with E-state index in [4.69, 9.17) is 0 Å². The van der Waals surface area contributed by atoms with E-state index in [1.165, 1.54) is 11.3 Å². The van der Waals surface area contributed by atoms with E-state index in [-0.39, 0.29) is 5.91 Å². The number of hydrogen-bond donors (Lipinski definition) is 1. The van der Waals surface area contributed by atoms with Gasteiger partial charge in [0.1, 0.15) is 5.69 Å². The number of carbonyl (C=O) groups is 1. The van der Waals surface area contributed by atoms with Crippen molar-refractivity contribution in [2.45, 2.75) is 0 Å². The highest BCUT2D eigenvalue weighted by Crippen LogP contribution is 2.17. The Balaban J connectivity index is 1.73. The van der Waals surface area contributed by atoms with Crippen LogP contribution in [0.25, 0.3) is 10.9 Å². The number of para-hydroxylation sites is 1. The molecule has 104 valence electrons. The Morgan fingerprint density at radius 3 is 2.95 bits per heavy atom. The smallest absolute Gasteiger partial charge is 0.266 e. The van der Waals surface area contributed by atoms with Crippen LogP contribution in [0.4, 0.5) is 0 Å². The van der Waals surface area contributed by atoms with Gasteiger partial charge in [0.05, 0.1) is 11.7 Å². The third-order valence-electron chi connectivity index (χ3n) is 2.78. The van der Waals surface area contributed by atoms with Crippen molar-refractivity contribution >= 4 is 50.3 Å². The number of nitrogens with one attached hydrogen (secondary N) is 1. The van der Waals surface area contributed by atoms with Gasteiger partial charge in [-0.1, -0.05) is 24.3 Å². The summed E-state index contributed by atoms with van der Waals surface area (Å²) >= 11 is 4.90. The summed E-state index contributed by atoms with van der Waals surface area (Å²) in [5, 5.41) is 6.89. The van der Waals surface area contributed by atoms with E-state index in [2.05, 4.69) is 31.4 Å². The molecule has 0 spiro atoms. The average molecular weight is 360 g/mol. The molecule has 1 N–H and O–H groups in total. The first-order valence-electron chi connectivity index (χ1n) is 6.15. The van der Waals surface area contributed by atoms with Crippen molar-refractivity contribution in [2.24, 2.45) is 5.10 Å². The SMILES string of the molecule is O=C(N/N=C/c1cc(Br)cs1)c1ccc2ccccc2n1.